The number of hydrogen-bond donors (Lipinski definition) is 2. The summed E-state index contributed by atoms with van der Waals surface area (Å²) in [6.45, 7) is 2.34. The lowest BCUT2D eigenvalue weighted by Gasteiger charge is -2.04. The van der Waals surface area contributed by atoms with Gasteiger partial charge in [0.25, 0.3) is 11.8 Å². The molecular weight excluding hydrogens is 338 g/mol. The van der Waals surface area contributed by atoms with E-state index in [1.54, 1.807) is 24.4 Å². The highest BCUT2D eigenvalue weighted by Crippen LogP contribution is 2.27. The highest BCUT2D eigenvalue weighted by Gasteiger charge is 2.16. The average Bonchev–Trinajstić information content (AvgIpc) is 3.25. The molecule has 3 rings (SSSR count). The minimum atomic E-state index is -0.339. The van der Waals surface area contributed by atoms with Gasteiger partial charge in [0.05, 0.1) is 16.1 Å². The van der Waals surface area contributed by atoms with E-state index in [1.165, 1.54) is 17.6 Å². The molecule has 0 radical (unpaired) electrons. The Bertz CT molecular complexity index is 857. The van der Waals surface area contributed by atoms with Crippen LogP contribution in [0, 0.1) is 6.92 Å². The zero-order chi connectivity index (χ0) is 17.6. The number of furan rings is 1. The standard InChI is InChI=1S/C18H17N3O3S/c1-12-11-15(21-17(22)14-6-4-10-24-14)25-16(12)18(23)20-9-7-13-5-2-3-8-19-13/h2-6,8,10-11H,7,9H2,1H3,(H,20,23)(H,21,22). The second-order valence-electron chi connectivity index (χ2n) is 5.38. The maximum atomic E-state index is 12.3. The van der Waals surface area contributed by atoms with Crippen LogP contribution in [-0.4, -0.2) is 23.3 Å². The van der Waals surface area contributed by atoms with Crippen LogP contribution in [0.5, 0.6) is 0 Å². The third kappa shape index (κ3) is 4.33. The molecule has 0 spiro atoms. The van der Waals surface area contributed by atoms with Gasteiger partial charge in [0, 0.05) is 24.9 Å². The van der Waals surface area contributed by atoms with Crippen molar-refractivity contribution in [3.05, 3.63) is 70.8 Å². The molecule has 25 heavy (non-hydrogen) atoms. The summed E-state index contributed by atoms with van der Waals surface area (Å²) in [5, 5.41) is 6.23. The fourth-order valence-electron chi connectivity index (χ4n) is 2.28. The lowest BCUT2D eigenvalue weighted by Crippen LogP contribution is -2.25. The van der Waals surface area contributed by atoms with Gasteiger partial charge in [0.2, 0.25) is 0 Å². The van der Waals surface area contributed by atoms with Gasteiger partial charge in [0.15, 0.2) is 5.76 Å². The van der Waals surface area contributed by atoms with Crippen LogP contribution in [0.1, 0.15) is 31.5 Å². The molecule has 0 fully saturated rings. The van der Waals surface area contributed by atoms with Gasteiger partial charge in [-0.15, -0.1) is 11.3 Å². The molecule has 0 atom stereocenters. The molecule has 0 aliphatic heterocycles. The normalized spacial score (nSPS) is 10.4. The number of aryl methyl sites for hydroxylation is 1. The van der Waals surface area contributed by atoms with Crippen LogP contribution < -0.4 is 10.6 Å². The van der Waals surface area contributed by atoms with Gasteiger partial charge in [-0.3, -0.25) is 14.6 Å². The predicted octanol–water partition coefficient (Wildman–Crippen LogP) is 3.27. The molecule has 3 heterocycles. The molecule has 0 aliphatic carbocycles. The van der Waals surface area contributed by atoms with Crippen molar-refractivity contribution in [2.45, 2.75) is 13.3 Å². The molecular formula is C18H17N3O3S. The van der Waals surface area contributed by atoms with Gasteiger partial charge in [-0.05, 0) is 42.8 Å². The van der Waals surface area contributed by atoms with Crippen LogP contribution >= 0.6 is 11.3 Å². The van der Waals surface area contributed by atoms with Crippen LogP contribution in [0.4, 0.5) is 5.00 Å². The van der Waals surface area contributed by atoms with E-state index < -0.39 is 0 Å². The lowest BCUT2D eigenvalue weighted by atomic mass is 10.2. The number of nitrogens with one attached hydrogen (secondary N) is 2. The molecule has 2 amide bonds. The third-order valence-corrected chi connectivity index (χ3v) is 4.65. The summed E-state index contributed by atoms with van der Waals surface area (Å²) < 4.78 is 5.05. The number of aromatic nitrogens is 1. The monoisotopic (exact) mass is 355 g/mol. The summed E-state index contributed by atoms with van der Waals surface area (Å²) in [6, 6.07) is 10.7. The van der Waals surface area contributed by atoms with Crippen molar-refractivity contribution in [2.24, 2.45) is 0 Å². The van der Waals surface area contributed by atoms with E-state index in [0.29, 0.717) is 22.8 Å². The number of amides is 2. The smallest absolute Gasteiger partial charge is 0.291 e. The molecule has 0 saturated heterocycles. The maximum Gasteiger partial charge on any atom is 0.291 e. The Balaban J connectivity index is 1.57. The summed E-state index contributed by atoms with van der Waals surface area (Å²) in [5.41, 5.74) is 1.74. The van der Waals surface area contributed by atoms with Crippen molar-refractivity contribution in [3.8, 4) is 0 Å². The first-order valence-corrected chi connectivity index (χ1v) is 8.58. The number of pyridine rings is 1. The fraction of sp³-hybridized carbons (Fsp3) is 0.167. The summed E-state index contributed by atoms with van der Waals surface area (Å²) >= 11 is 1.24. The van der Waals surface area contributed by atoms with E-state index >= 15 is 0 Å². The molecule has 3 aromatic rings. The van der Waals surface area contributed by atoms with Gasteiger partial charge in [-0.1, -0.05) is 6.07 Å². The Kier molecular flexibility index (Phi) is 5.25. The van der Waals surface area contributed by atoms with Crippen LogP contribution in [0.2, 0.25) is 0 Å². The van der Waals surface area contributed by atoms with E-state index in [2.05, 4.69) is 15.6 Å². The predicted molar refractivity (Wildman–Crippen MR) is 96.0 cm³/mol. The van der Waals surface area contributed by atoms with Gasteiger partial charge in [0.1, 0.15) is 0 Å². The largest absolute Gasteiger partial charge is 0.459 e. The van der Waals surface area contributed by atoms with Gasteiger partial charge >= 0.3 is 0 Å². The van der Waals surface area contributed by atoms with Crippen molar-refractivity contribution in [3.63, 3.8) is 0 Å². The summed E-state index contributed by atoms with van der Waals surface area (Å²) in [4.78, 5) is 29.1. The molecule has 7 heteroatoms. The SMILES string of the molecule is Cc1cc(NC(=O)c2ccco2)sc1C(=O)NCCc1ccccn1. The van der Waals surface area contributed by atoms with Crippen LogP contribution in [0.3, 0.4) is 0 Å². The molecule has 6 nitrogen and oxygen atoms in total. The second kappa shape index (κ2) is 7.76. The number of thiophene rings is 1. The Morgan fingerprint density at radius 3 is 2.80 bits per heavy atom. The van der Waals surface area contributed by atoms with Crippen molar-refractivity contribution in [1.29, 1.82) is 0 Å². The number of rotatable bonds is 6. The first-order chi connectivity index (χ1) is 12.1. The molecule has 0 aromatic carbocycles. The fourth-order valence-corrected chi connectivity index (χ4v) is 3.26. The molecule has 2 N–H and O–H groups in total. The average molecular weight is 355 g/mol. The zero-order valence-corrected chi connectivity index (χ0v) is 14.4. The number of anilines is 1. The van der Waals surface area contributed by atoms with Gasteiger partial charge in [-0.2, -0.15) is 0 Å². The Morgan fingerprint density at radius 2 is 2.08 bits per heavy atom. The summed E-state index contributed by atoms with van der Waals surface area (Å²) in [7, 11) is 0. The first kappa shape index (κ1) is 16.9. The molecule has 3 aromatic heterocycles. The minimum absolute atomic E-state index is 0.156. The maximum absolute atomic E-state index is 12.3. The second-order valence-corrected chi connectivity index (χ2v) is 6.43. The molecule has 0 saturated carbocycles. The third-order valence-electron chi connectivity index (χ3n) is 3.50. The van der Waals surface area contributed by atoms with Gasteiger partial charge < -0.3 is 15.1 Å². The molecule has 128 valence electrons. The van der Waals surface area contributed by atoms with E-state index in [-0.39, 0.29) is 17.6 Å². The molecule has 0 bridgehead atoms. The number of carbonyl (C=O) groups excluding carboxylic acids is 2. The minimum Gasteiger partial charge on any atom is -0.459 e. The van der Waals surface area contributed by atoms with Gasteiger partial charge in [-0.25, -0.2) is 0 Å². The highest BCUT2D eigenvalue weighted by molar-refractivity contribution is 7.18. The van der Waals surface area contributed by atoms with Crippen molar-refractivity contribution in [2.75, 3.05) is 11.9 Å². The Labute approximate surface area is 148 Å². The Morgan fingerprint density at radius 1 is 1.20 bits per heavy atom. The number of carbonyl (C=O) groups is 2. The molecule has 0 aliphatic rings. The van der Waals surface area contributed by atoms with E-state index in [9.17, 15) is 9.59 Å². The van der Waals surface area contributed by atoms with Crippen molar-refractivity contribution >= 4 is 28.2 Å². The van der Waals surface area contributed by atoms with Crippen LogP contribution in [0.25, 0.3) is 0 Å². The Hall–Kier alpha value is -2.93. The van der Waals surface area contributed by atoms with Crippen molar-refractivity contribution in [1.82, 2.24) is 10.3 Å². The van der Waals surface area contributed by atoms with E-state index in [1.807, 2.05) is 25.1 Å². The first-order valence-electron chi connectivity index (χ1n) is 7.77. The van der Waals surface area contributed by atoms with Crippen molar-refractivity contribution < 1.29 is 14.0 Å². The number of nitrogens with zero attached hydrogens (tertiary/aromatic N) is 1. The van der Waals surface area contributed by atoms with E-state index in [4.69, 9.17) is 4.42 Å². The summed E-state index contributed by atoms with van der Waals surface area (Å²) in [5.74, 6) is -0.266. The number of hydrogen-bond acceptors (Lipinski definition) is 5. The highest BCUT2D eigenvalue weighted by atomic mass is 32.1. The molecule has 0 unspecified atom stereocenters. The quantitative estimate of drug-likeness (QED) is 0.711. The van der Waals surface area contributed by atoms with E-state index in [0.717, 1.165) is 11.3 Å². The topological polar surface area (TPSA) is 84.2 Å². The van der Waals surface area contributed by atoms with Crippen LogP contribution in [-0.2, 0) is 6.42 Å². The van der Waals surface area contributed by atoms with Crippen LogP contribution in [0.15, 0.2) is 53.3 Å². The summed E-state index contributed by atoms with van der Waals surface area (Å²) in [6.07, 6.45) is 3.84. The lowest BCUT2D eigenvalue weighted by molar-refractivity contribution is 0.0956. The zero-order valence-electron chi connectivity index (χ0n) is 13.6.